The zero-order valence-corrected chi connectivity index (χ0v) is 19.7. The Morgan fingerprint density at radius 3 is 2.83 bits per heavy atom. The topological polar surface area (TPSA) is 89.5 Å². The van der Waals surface area contributed by atoms with Crippen LogP contribution >= 0.6 is 0 Å². The van der Waals surface area contributed by atoms with E-state index in [0.717, 1.165) is 61.5 Å². The van der Waals surface area contributed by atoms with Gasteiger partial charge in [-0.15, -0.1) is 0 Å². The molecule has 8 nitrogen and oxygen atoms in total. The minimum absolute atomic E-state index is 0.357. The SMILES string of the molecule is COc1cccc2c1[C@@H]1CN(CCCCn3c(=O)[nH]c(=O)c4ccc5ncccc5c43)C[C@H]1CO2. The van der Waals surface area contributed by atoms with Gasteiger partial charge >= 0.3 is 5.69 Å². The molecule has 8 heteroatoms. The van der Waals surface area contributed by atoms with Crippen LogP contribution < -0.4 is 20.7 Å². The van der Waals surface area contributed by atoms with Gasteiger partial charge in [0.2, 0.25) is 0 Å². The van der Waals surface area contributed by atoms with Crippen molar-refractivity contribution < 1.29 is 9.47 Å². The summed E-state index contributed by atoms with van der Waals surface area (Å²) in [6.45, 7) is 4.22. The van der Waals surface area contributed by atoms with Crippen molar-refractivity contribution in [3.8, 4) is 11.5 Å². The number of pyridine rings is 1. The van der Waals surface area contributed by atoms with Crippen LogP contribution in [-0.2, 0) is 6.54 Å². The normalized spacial score (nSPS) is 19.5. The molecule has 1 N–H and O–H groups in total. The van der Waals surface area contributed by atoms with Crippen molar-refractivity contribution in [3.63, 3.8) is 0 Å². The van der Waals surface area contributed by atoms with Crippen LogP contribution in [0.3, 0.4) is 0 Å². The lowest BCUT2D eigenvalue weighted by molar-refractivity contribution is 0.209. The minimum Gasteiger partial charge on any atom is -0.496 e. The third-order valence-corrected chi connectivity index (χ3v) is 7.43. The maximum absolute atomic E-state index is 12.7. The summed E-state index contributed by atoms with van der Waals surface area (Å²) in [5.41, 5.74) is 1.91. The fourth-order valence-corrected chi connectivity index (χ4v) is 5.79. The fraction of sp³-hybridized carbons (Fsp3) is 0.370. The molecule has 0 amide bonds. The quantitative estimate of drug-likeness (QED) is 0.343. The second kappa shape index (κ2) is 8.85. The van der Waals surface area contributed by atoms with E-state index in [-0.39, 0.29) is 11.2 Å². The van der Waals surface area contributed by atoms with Gasteiger partial charge in [-0.3, -0.25) is 19.3 Å². The molecule has 6 rings (SSSR count). The Balaban J connectivity index is 1.17. The van der Waals surface area contributed by atoms with Crippen LogP contribution in [-0.4, -0.2) is 52.8 Å². The van der Waals surface area contributed by atoms with Crippen LogP contribution in [0.5, 0.6) is 11.5 Å². The molecule has 2 aliphatic heterocycles. The predicted molar refractivity (Wildman–Crippen MR) is 135 cm³/mol. The van der Waals surface area contributed by atoms with Crippen molar-refractivity contribution in [2.45, 2.75) is 25.3 Å². The highest BCUT2D eigenvalue weighted by molar-refractivity contribution is 6.03. The van der Waals surface area contributed by atoms with Gasteiger partial charge in [0.25, 0.3) is 5.56 Å². The van der Waals surface area contributed by atoms with Gasteiger partial charge in [-0.25, -0.2) is 4.79 Å². The lowest BCUT2D eigenvalue weighted by Crippen LogP contribution is -2.31. The number of nitrogens with one attached hydrogen (secondary N) is 1. The monoisotopic (exact) mass is 472 g/mol. The smallest absolute Gasteiger partial charge is 0.328 e. The number of fused-ring (bicyclic) bond motifs is 6. The molecular formula is C27H28N4O4. The van der Waals surface area contributed by atoms with E-state index in [2.05, 4.69) is 14.9 Å². The maximum Gasteiger partial charge on any atom is 0.328 e. The van der Waals surface area contributed by atoms with E-state index in [9.17, 15) is 9.59 Å². The third-order valence-electron chi connectivity index (χ3n) is 7.43. The summed E-state index contributed by atoms with van der Waals surface area (Å²) in [5.74, 6) is 2.73. The molecule has 0 bridgehead atoms. The minimum atomic E-state index is -0.369. The first-order valence-electron chi connectivity index (χ1n) is 12.2. The Hall–Kier alpha value is -3.65. The van der Waals surface area contributed by atoms with Gasteiger partial charge in [-0.1, -0.05) is 6.07 Å². The average Bonchev–Trinajstić information content (AvgIpc) is 3.30. The molecule has 0 aliphatic carbocycles. The molecule has 4 heterocycles. The summed E-state index contributed by atoms with van der Waals surface area (Å²) < 4.78 is 13.4. The molecule has 1 saturated heterocycles. The molecule has 0 unspecified atom stereocenters. The van der Waals surface area contributed by atoms with Crippen molar-refractivity contribution in [2.24, 2.45) is 5.92 Å². The number of hydrogen-bond acceptors (Lipinski definition) is 6. The number of likely N-dealkylation sites (tertiary alicyclic amines) is 1. The molecule has 2 aromatic heterocycles. The van der Waals surface area contributed by atoms with Crippen LogP contribution in [0.15, 0.2) is 58.3 Å². The van der Waals surface area contributed by atoms with Crippen LogP contribution in [0.4, 0.5) is 0 Å². The highest BCUT2D eigenvalue weighted by atomic mass is 16.5. The van der Waals surface area contributed by atoms with E-state index in [1.54, 1.807) is 23.9 Å². The van der Waals surface area contributed by atoms with E-state index < -0.39 is 0 Å². The summed E-state index contributed by atoms with van der Waals surface area (Å²) in [5, 5.41) is 1.34. The third kappa shape index (κ3) is 3.78. The van der Waals surface area contributed by atoms with Gasteiger partial charge < -0.3 is 14.4 Å². The summed E-state index contributed by atoms with van der Waals surface area (Å²) in [6.07, 6.45) is 3.51. The van der Waals surface area contributed by atoms with Crippen LogP contribution in [0.1, 0.15) is 24.3 Å². The number of unbranched alkanes of at least 4 members (excludes halogenated alkanes) is 1. The maximum atomic E-state index is 12.7. The Kier molecular flexibility index (Phi) is 5.53. The van der Waals surface area contributed by atoms with E-state index in [0.29, 0.717) is 29.3 Å². The predicted octanol–water partition coefficient (Wildman–Crippen LogP) is 3.13. The lowest BCUT2D eigenvalue weighted by atomic mass is 9.86. The number of rotatable bonds is 6. The lowest BCUT2D eigenvalue weighted by Gasteiger charge is -2.29. The molecule has 180 valence electrons. The van der Waals surface area contributed by atoms with Crippen LogP contribution in [0.2, 0.25) is 0 Å². The summed E-state index contributed by atoms with van der Waals surface area (Å²) >= 11 is 0. The van der Waals surface area contributed by atoms with Gasteiger partial charge in [0.05, 0.1) is 30.1 Å². The van der Waals surface area contributed by atoms with Gasteiger partial charge in [-0.2, -0.15) is 0 Å². The van der Waals surface area contributed by atoms with Gasteiger partial charge in [0, 0.05) is 48.6 Å². The Labute approximate surface area is 202 Å². The zero-order valence-electron chi connectivity index (χ0n) is 19.7. The number of benzene rings is 2. The molecule has 35 heavy (non-hydrogen) atoms. The van der Waals surface area contributed by atoms with Gasteiger partial charge in [-0.05, 0) is 55.8 Å². The number of ether oxygens (including phenoxy) is 2. The first-order valence-corrected chi connectivity index (χ1v) is 12.2. The van der Waals surface area contributed by atoms with Crippen molar-refractivity contribution in [2.75, 3.05) is 33.4 Å². The number of nitrogens with zero attached hydrogens (tertiary/aromatic N) is 3. The van der Waals surface area contributed by atoms with E-state index in [1.807, 2.05) is 36.4 Å². The molecule has 0 spiro atoms. The first-order chi connectivity index (χ1) is 17.1. The summed E-state index contributed by atoms with van der Waals surface area (Å²) in [4.78, 5) is 34.5. The van der Waals surface area contributed by atoms with Crippen molar-refractivity contribution >= 4 is 21.8 Å². The number of aryl methyl sites for hydroxylation is 1. The van der Waals surface area contributed by atoms with Gasteiger partial charge in [0.1, 0.15) is 11.5 Å². The first kappa shape index (κ1) is 21.9. The molecule has 2 atom stereocenters. The van der Waals surface area contributed by atoms with E-state index in [4.69, 9.17) is 9.47 Å². The van der Waals surface area contributed by atoms with Crippen molar-refractivity contribution in [3.05, 3.63) is 75.1 Å². The number of aromatic nitrogens is 3. The largest absolute Gasteiger partial charge is 0.496 e. The highest BCUT2D eigenvalue weighted by Crippen LogP contribution is 2.46. The molecule has 0 radical (unpaired) electrons. The molecule has 0 saturated carbocycles. The van der Waals surface area contributed by atoms with Crippen molar-refractivity contribution in [1.29, 1.82) is 0 Å². The number of methoxy groups -OCH3 is 1. The Morgan fingerprint density at radius 2 is 1.94 bits per heavy atom. The van der Waals surface area contributed by atoms with E-state index in [1.165, 1.54) is 5.56 Å². The Morgan fingerprint density at radius 1 is 1.06 bits per heavy atom. The number of hydrogen-bond donors (Lipinski definition) is 1. The highest BCUT2D eigenvalue weighted by Gasteiger charge is 2.40. The number of H-pyrrole nitrogens is 1. The summed E-state index contributed by atoms with van der Waals surface area (Å²) in [7, 11) is 1.72. The van der Waals surface area contributed by atoms with Crippen LogP contribution in [0, 0.1) is 5.92 Å². The zero-order chi connectivity index (χ0) is 23.9. The molecule has 1 fully saturated rings. The standard InChI is InChI=1S/C27H28N4O4/c1-34-22-7-4-8-23-24(22)20-15-30(14-17(20)16-35-23)12-2-3-13-31-25-18-6-5-11-28-21(18)10-9-19(25)26(32)29-27(31)33/h4-11,17,20H,2-3,12-16H2,1H3,(H,29,32,33)/t17-,20+/m0/s1. The number of aromatic amines is 1. The second-order valence-corrected chi connectivity index (χ2v) is 9.46. The van der Waals surface area contributed by atoms with Crippen LogP contribution in [0.25, 0.3) is 21.8 Å². The fourth-order valence-electron chi connectivity index (χ4n) is 5.79. The van der Waals surface area contributed by atoms with E-state index >= 15 is 0 Å². The molecule has 2 aliphatic rings. The molecular weight excluding hydrogens is 444 g/mol. The summed E-state index contributed by atoms with van der Waals surface area (Å²) in [6, 6.07) is 13.3. The molecule has 4 aromatic rings. The van der Waals surface area contributed by atoms with Gasteiger partial charge in [0.15, 0.2) is 0 Å². The Bertz CT molecular complexity index is 1510. The molecule has 2 aromatic carbocycles. The average molecular weight is 473 g/mol. The second-order valence-electron chi connectivity index (χ2n) is 9.46. The van der Waals surface area contributed by atoms with Crippen molar-refractivity contribution in [1.82, 2.24) is 19.4 Å².